The van der Waals surface area contributed by atoms with Crippen LogP contribution in [0.15, 0.2) is 12.1 Å². The number of hydrogen-bond acceptors (Lipinski definition) is 4. The molecule has 0 fully saturated rings. The number of aliphatic hydroxyl groups excluding tert-OH is 1. The van der Waals surface area contributed by atoms with Crippen LogP contribution in [0.3, 0.4) is 0 Å². The number of esters is 1. The molecule has 26 heavy (non-hydrogen) atoms. The highest BCUT2D eigenvalue weighted by molar-refractivity contribution is 5.69. The highest BCUT2D eigenvalue weighted by atomic mass is 16.5. The van der Waals surface area contributed by atoms with E-state index in [4.69, 9.17) is 14.6 Å². The monoisotopic (exact) mass is 364 g/mol. The van der Waals surface area contributed by atoms with Gasteiger partial charge in [0.2, 0.25) is 0 Å². The van der Waals surface area contributed by atoms with Crippen LogP contribution in [0, 0.1) is 0 Å². The van der Waals surface area contributed by atoms with Gasteiger partial charge < -0.3 is 14.6 Å². The maximum absolute atomic E-state index is 11.6. The summed E-state index contributed by atoms with van der Waals surface area (Å²) in [6.45, 7) is 15.8. The van der Waals surface area contributed by atoms with Crippen LogP contribution < -0.4 is 4.74 Å². The molecule has 0 unspecified atom stereocenters. The van der Waals surface area contributed by atoms with E-state index in [-0.39, 0.29) is 30.0 Å². The predicted octanol–water partition coefficient (Wildman–Crippen LogP) is 4.54. The molecule has 1 N–H and O–H groups in total. The molecule has 0 aliphatic rings. The van der Waals surface area contributed by atoms with Crippen molar-refractivity contribution >= 4 is 5.97 Å². The number of aryl methyl sites for hydroxylation is 1. The first-order chi connectivity index (χ1) is 12.0. The first kappa shape index (κ1) is 22.5. The van der Waals surface area contributed by atoms with Gasteiger partial charge in [-0.1, -0.05) is 53.7 Å². The molecular formula is C22H36O4. The second-order valence-corrected chi connectivity index (χ2v) is 8.75. The van der Waals surface area contributed by atoms with Crippen LogP contribution >= 0.6 is 0 Å². The van der Waals surface area contributed by atoms with Crippen molar-refractivity contribution < 1.29 is 19.4 Å². The average Bonchev–Trinajstić information content (AvgIpc) is 2.52. The molecule has 0 spiro atoms. The van der Waals surface area contributed by atoms with Crippen molar-refractivity contribution in [1.29, 1.82) is 0 Å². The van der Waals surface area contributed by atoms with Crippen LogP contribution in [0.25, 0.3) is 0 Å². The molecule has 0 saturated carbocycles. The lowest BCUT2D eigenvalue weighted by Gasteiger charge is -2.30. The Labute approximate surface area is 158 Å². The van der Waals surface area contributed by atoms with Gasteiger partial charge in [0, 0.05) is 17.5 Å². The molecule has 0 aliphatic carbocycles. The Morgan fingerprint density at radius 2 is 1.58 bits per heavy atom. The zero-order valence-corrected chi connectivity index (χ0v) is 17.6. The summed E-state index contributed by atoms with van der Waals surface area (Å²) < 4.78 is 11.0. The lowest BCUT2D eigenvalue weighted by molar-refractivity contribution is -0.144. The Morgan fingerprint density at radius 3 is 2.00 bits per heavy atom. The van der Waals surface area contributed by atoms with Gasteiger partial charge >= 0.3 is 5.97 Å². The minimum absolute atomic E-state index is 0.0272. The largest absolute Gasteiger partial charge is 0.493 e. The zero-order chi connectivity index (χ0) is 20.0. The first-order valence-electron chi connectivity index (χ1n) is 9.57. The van der Waals surface area contributed by atoms with Crippen molar-refractivity contribution in [2.24, 2.45) is 0 Å². The third kappa shape index (κ3) is 6.64. The maximum Gasteiger partial charge on any atom is 0.305 e. The van der Waals surface area contributed by atoms with E-state index < -0.39 is 0 Å². The number of carbonyl (C=O) groups is 1. The summed E-state index contributed by atoms with van der Waals surface area (Å²) in [5.41, 5.74) is 3.59. The third-order valence-corrected chi connectivity index (χ3v) is 4.25. The van der Waals surface area contributed by atoms with Crippen LogP contribution in [0.1, 0.15) is 78.0 Å². The molecule has 0 radical (unpaired) electrons. The summed E-state index contributed by atoms with van der Waals surface area (Å²) in [5, 5.41) is 8.71. The highest BCUT2D eigenvalue weighted by Crippen LogP contribution is 2.41. The SMILES string of the molecule is CCOc1c(C(C)(C)C)cc(CCCC(=O)OCCO)cc1C(C)(C)C. The van der Waals surface area contributed by atoms with Crippen molar-refractivity contribution in [1.82, 2.24) is 0 Å². The zero-order valence-electron chi connectivity index (χ0n) is 17.6. The molecule has 0 atom stereocenters. The topological polar surface area (TPSA) is 55.8 Å². The van der Waals surface area contributed by atoms with Gasteiger partial charge in [0.15, 0.2) is 0 Å². The van der Waals surface area contributed by atoms with E-state index in [1.807, 2.05) is 6.92 Å². The summed E-state index contributed by atoms with van der Waals surface area (Å²) >= 11 is 0. The predicted molar refractivity (Wildman–Crippen MR) is 106 cm³/mol. The molecular weight excluding hydrogens is 328 g/mol. The van der Waals surface area contributed by atoms with Gasteiger partial charge in [-0.05, 0) is 36.2 Å². The minimum atomic E-state index is -0.253. The Morgan fingerprint density at radius 1 is 1.04 bits per heavy atom. The standard InChI is InChI=1S/C22H36O4/c1-8-25-20-17(21(2,3)4)14-16(15-18(20)22(5,6)7)10-9-11-19(24)26-13-12-23/h14-15,23H,8-13H2,1-7H3. The molecule has 0 bridgehead atoms. The van der Waals surface area contributed by atoms with Crippen LogP contribution in [0.5, 0.6) is 5.75 Å². The number of aliphatic hydroxyl groups is 1. The van der Waals surface area contributed by atoms with Crippen molar-refractivity contribution in [3.05, 3.63) is 28.8 Å². The molecule has 0 heterocycles. The van der Waals surface area contributed by atoms with Gasteiger partial charge in [-0.15, -0.1) is 0 Å². The Hall–Kier alpha value is -1.55. The van der Waals surface area contributed by atoms with Gasteiger partial charge in [-0.2, -0.15) is 0 Å². The van der Waals surface area contributed by atoms with Crippen LogP contribution in [0.4, 0.5) is 0 Å². The number of ether oxygens (including phenoxy) is 2. The van der Waals surface area contributed by atoms with Crippen molar-refractivity contribution in [3.8, 4) is 5.75 Å². The van der Waals surface area contributed by atoms with Crippen molar-refractivity contribution in [3.63, 3.8) is 0 Å². The molecule has 0 aliphatic heterocycles. The third-order valence-electron chi connectivity index (χ3n) is 4.25. The average molecular weight is 365 g/mol. The number of rotatable bonds is 8. The molecule has 4 heteroatoms. The van der Waals surface area contributed by atoms with E-state index in [1.165, 1.54) is 16.7 Å². The second-order valence-electron chi connectivity index (χ2n) is 8.75. The van der Waals surface area contributed by atoms with Gasteiger partial charge in [0.1, 0.15) is 12.4 Å². The Balaban J connectivity index is 3.12. The molecule has 0 aromatic heterocycles. The summed E-state index contributed by atoms with van der Waals surface area (Å²) in [4.78, 5) is 11.6. The van der Waals surface area contributed by atoms with E-state index in [1.54, 1.807) is 0 Å². The smallest absolute Gasteiger partial charge is 0.305 e. The molecule has 0 saturated heterocycles. The van der Waals surface area contributed by atoms with Gasteiger partial charge in [-0.3, -0.25) is 4.79 Å². The number of carbonyl (C=O) groups excluding carboxylic acids is 1. The van der Waals surface area contributed by atoms with E-state index >= 15 is 0 Å². The minimum Gasteiger partial charge on any atom is -0.493 e. The van der Waals surface area contributed by atoms with Gasteiger partial charge in [0.05, 0.1) is 13.2 Å². The fraction of sp³-hybridized carbons (Fsp3) is 0.682. The molecule has 4 nitrogen and oxygen atoms in total. The fourth-order valence-electron chi connectivity index (χ4n) is 2.92. The molecule has 0 amide bonds. The highest BCUT2D eigenvalue weighted by Gasteiger charge is 2.27. The van der Waals surface area contributed by atoms with Gasteiger partial charge in [-0.25, -0.2) is 0 Å². The van der Waals surface area contributed by atoms with Gasteiger partial charge in [0.25, 0.3) is 0 Å². The van der Waals surface area contributed by atoms with Crippen molar-refractivity contribution in [2.75, 3.05) is 19.8 Å². The van der Waals surface area contributed by atoms with Crippen molar-refractivity contribution in [2.45, 2.75) is 78.6 Å². The fourth-order valence-corrected chi connectivity index (χ4v) is 2.92. The Bertz CT molecular complexity index is 556. The second kappa shape index (κ2) is 9.40. The summed E-state index contributed by atoms with van der Waals surface area (Å²) in [6, 6.07) is 4.44. The summed E-state index contributed by atoms with van der Waals surface area (Å²) in [6.07, 6.45) is 1.90. The van der Waals surface area contributed by atoms with E-state index in [0.29, 0.717) is 13.0 Å². The normalized spacial score (nSPS) is 12.2. The van der Waals surface area contributed by atoms with E-state index in [2.05, 4.69) is 53.7 Å². The number of hydrogen-bond donors (Lipinski definition) is 1. The molecule has 1 aromatic rings. The molecule has 1 rings (SSSR count). The lowest BCUT2D eigenvalue weighted by Crippen LogP contribution is -2.20. The van der Waals surface area contributed by atoms with Crippen LogP contribution in [-0.2, 0) is 26.8 Å². The van der Waals surface area contributed by atoms with E-state index in [0.717, 1.165) is 18.6 Å². The van der Waals surface area contributed by atoms with E-state index in [9.17, 15) is 4.79 Å². The maximum atomic E-state index is 11.6. The van der Waals surface area contributed by atoms with Crippen LogP contribution in [-0.4, -0.2) is 30.9 Å². The first-order valence-corrected chi connectivity index (χ1v) is 9.57. The lowest BCUT2D eigenvalue weighted by atomic mass is 9.78. The van der Waals surface area contributed by atoms with Crippen LogP contribution in [0.2, 0.25) is 0 Å². The number of benzene rings is 1. The summed E-state index contributed by atoms with van der Waals surface area (Å²) in [7, 11) is 0. The molecule has 148 valence electrons. The summed E-state index contributed by atoms with van der Waals surface area (Å²) in [5.74, 6) is 0.746. The Kier molecular flexibility index (Phi) is 8.14. The quantitative estimate of drug-likeness (QED) is 0.688. The molecule has 1 aromatic carbocycles.